The molecular formula is C20H30N4O2. The maximum atomic E-state index is 12.9. The minimum Gasteiger partial charge on any atom is -0.339 e. The predicted molar refractivity (Wildman–Crippen MR) is 98.8 cm³/mol. The quantitative estimate of drug-likeness (QED) is 0.834. The molecule has 0 aromatic carbocycles. The highest BCUT2D eigenvalue weighted by molar-refractivity contribution is 5.95. The van der Waals surface area contributed by atoms with Crippen molar-refractivity contribution in [3.05, 3.63) is 17.5 Å². The van der Waals surface area contributed by atoms with Gasteiger partial charge in [0.25, 0.3) is 5.91 Å². The minimum absolute atomic E-state index is 0.0426. The highest BCUT2D eigenvalue weighted by Crippen LogP contribution is 2.51. The first-order valence-electron chi connectivity index (χ1n) is 10.1. The first-order valence-corrected chi connectivity index (χ1v) is 10.1. The molecule has 0 N–H and O–H groups in total. The Hall–Kier alpha value is -1.85. The molecule has 6 nitrogen and oxygen atoms in total. The number of nitrogens with zero attached hydrogens (tertiary/aromatic N) is 4. The van der Waals surface area contributed by atoms with Crippen molar-refractivity contribution >= 4 is 11.8 Å². The molecule has 4 rings (SSSR count). The second-order valence-electron chi connectivity index (χ2n) is 8.50. The Morgan fingerprint density at radius 1 is 1.12 bits per heavy atom. The van der Waals surface area contributed by atoms with E-state index in [1.807, 2.05) is 21.4 Å². The largest absolute Gasteiger partial charge is 0.339 e. The molecule has 1 aromatic rings. The summed E-state index contributed by atoms with van der Waals surface area (Å²) in [6.07, 6.45) is 6.63. The number of rotatable bonds is 3. The lowest BCUT2D eigenvalue weighted by Crippen LogP contribution is -2.54. The fourth-order valence-electron chi connectivity index (χ4n) is 5.17. The predicted octanol–water partition coefficient (Wildman–Crippen LogP) is 2.49. The molecule has 2 saturated carbocycles. The normalized spacial score (nSPS) is 28.2. The minimum atomic E-state index is 0.0426. The molecule has 0 spiro atoms. The summed E-state index contributed by atoms with van der Waals surface area (Å²) in [6, 6.07) is 0.243. The van der Waals surface area contributed by atoms with Gasteiger partial charge in [-0.3, -0.25) is 14.3 Å². The Morgan fingerprint density at radius 2 is 1.81 bits per heavy atom. The van der Waals surface area contributed by atoms with Crippen molar-refractivity contribution in [3.63, 3.8) is 0 Å². The third kappa shape index (κ3) is 2.83. The van der Waals surface area contributed by atoms with Crippen LogP contribution in [0.25, 0.3) is 0 Å². The van der Waals surface area contributed by atoms with Crippen LogP contribution in [-0.4, -0.2) is 57.6 Å². The number of aromatic nitrogens is 2. The van der Waals surface area contributed by atoms with E-state index in [-0.39, 0.29) is 17.9 Å². The van der Waals surface area contributed by atoms with E-state index in [1.165, 1.54) is 19.3 Å². The summed E-state index contributed by atoms with van der Waals surface area (Å²) in [5.41, 5.74) is 1.61. The SMILES string of the molecule is Cc1c(C(=O)N2CCN(C(=O)C3CC4CCCC43)CC2)cnn1C(C)C. The zero-order valence-electron chi connectivity index (χ0n) is 16.1. The molecule has 2 amide bonds. The maximum Gasteiger partial charge on any atom is 0.257 e. The molecule has 6 heteroatoms. The molecule has 3 atom stereocenters. The first kappa shape index (κ1) is 17.6. The van der Waals surface area contributed by atoms with Crippen molar-refractivity contribution in [1.29, 1.82) is 0 Å². The van der Waals surface area contributed by atoms with Gasteiger partial charge < -0.3 is 9.80 Å². The average molecular weight is 358 g/mol. The average Bonchev–Trinajstić information content (AvgIpc) is 3.17. The van der Waals surface area contributed by atoms with E-state index < -0.39 is 0 Å². The van der Waals surface area contributed by atoms with E-state index in [2.05, 4.69) is 18.9 Å². The van der Waals surface area contributed by atoms with Gasteiger partial charge >= 0.3 is 0 Å². The molecular weight excluding hydrogens is 328 g/mol. The summed E-state index contributed by atoms with van der Waals surface area (Å²) in [7, 11) is 0. The number of amides is 2. The van der Waals surface area contributed by atoms with Crippen LogP contribution in [0.1, 0.15) is 61.6 Å². The molecule has 1 aromatic heterocycles. The van der Waals surface area contributed by atoms with Gasteiger partial charge in [0.2, 0.25) is 5.91 Å². The molecule has 3 unspecified atom stereocenters. The van der Waals surface area contributed by atoms with Crippen LogP contribution in [0.4, 0.5) is 0 Å². The molecule has 0 bridgehead atoms. The van der Waals surface area contributed by atoms with Crippen LogP contribution >= 0.6 is 0 Å². The fourth-order valence-corrected chi connectivity index (χ4v) is 5.17. The van der Waals surface area contributed by atoms with Gasteiger partial charge in [0, 0.05) is 43.8 Å². The summed E-state index contributed by atoms with van der Waals surface area (Å²) in [5.74, 6) is 2.10. The van der Waals surface area contributed by atoms with E-state index in [4.69, 9.17) is 0 Å². The van der Waals surface area contributed by atoms with Gasteiger partial charge in [-0.05, 0) is 45.4 Å². The zero-order valence-corrected chi connectivity index (χ0v) is 16.1. The molecule has 0 radical (unpaired) electrons. The van der Waals surface area contributed by atoms with Gasteiger partial charge in [-0.25, -0.2) is 0 Å². The van der Waals surface area contributed by atoms with E-state index in [0.29, 0.717) is 43.6 Å². The van der Waals surface area contributed by atoms with Crippen LogP contribution in [-0.2, 0) is 4.79 Å². The second kappa shape index (κ2) is 6.71. The standard InChI is InChI=1S/C20H30N4O2/c1-13(2)24-14(3)18(12-21-24)20(26)23-9-7-22(8-10-23)19(25)17-11-15-5-4-6-16(15)17/h12-13,15-17H,4-11H2,1-3H3. The number of hydrogen-bond donors (Lipinski definition) is 0. The number of carbonyl (C=O) groups is 2. The van der Waals surface area contributed by atoms with Crippen molar-refractivity contribution in [2.45, 2.75) is 52.5 Å². The molecule has 1 saturated heterocycles. The monoisotopic (exact) mass is 358 g/mol. The van der Waals surface area contributed by atoms with Gasteiger partial charge in [0.05, 0.1) is 11.8 Å². The highest BCUT2D eigenvalue weighted by Gasteiger charge is 2.48. The summed E-state index contributed by atoms with van der Waals surface area (Å²) >= 11 is 0. The topological polar surface area (TPSA) is 58.4 Å². The Kier molecular flexibility index (Phi) is 4.53. The molecule has 26 heavy (non-hydrogen) atoms. The number of carbonyl (C=O) groups excluding carboxylic acids is 2. The van der Waals surface area contributed by atoms with Gasteiger partial charge in [-0.2, -0.15) is 5.10 Å². The van der Waals surface area contributed by atoms with Crippen LogP contribution in [0.15, 0.2) is 6.20 Å². The van der Waals surface area contributed by atoms with Crippen molar-refractivity contribution in [3.8, 4) is 0 Å². The Balaban J connectivity index is 1.35. The molecule has 3 aliphatic rings. The highest BCUT2D eigenvalue weighted by atomic mass is 16.2. The smallest absolute Gasteiger partial charge is 0.257 e. The van der Waals surface area contributed by atoms with Crippen LogP contribution in [0.5, 0.6) is 0 Å². The Labute approximate surface area is 155 Å². The summed E-state index contributed by atoms with van der Waals surface area (Å²) < 4.78 is 1.89. The van der Waals surface area contributed by atoms with Gasteiger partial charge in [0.15, 0.2) is 0 Å². The van der Waals surface area contributed by atoms with Crippen LogP contribution in [0.3, 0.4) is 0 Å². The van der Waals surface area contributed by atoms with E-state index in [9.17, 15) is 9.59 Å². The van der Waals surface area contributed by atoms with Crippen LogP contribution in [0, 0.1) is 24.7 Å². The van der Waals surface area contributed by atoms with E-state index in [1.54, 1.807) is 6.20 Å². The maximum absolute atomic E-state index is 12.9. The van der Waals surface area contributed by atoms with Crippen molar-refractivity contribution in [2.75, 3.05) is 26.2 Å². The van der Waals surface area contributed by atoms with E-state index in [0.717, 1.165) is 18.0 Å². The lowest BCUT2D eigenvalue weighted by molar-refractivity contribution is -0.145. The number of piperazine rings is 1. The lowest BCUT2D eigenvalue weighted by Gasteiger charge is -2.44. The molecule has 3 fully saturated rings. The molecule has 2 heterocycles. The van der Waals surface area contributed by atoms with Crippen LogP contribution in [0.2, 0.25) is 0 Å². The number of fused-ring (bicyclic) bond motifs is 1. The summed E-state index contributed by atoms with van der Waals surface area (Å²) in [5, 5.41) is 4.35. The van der Waals surface area contributed by atoms with Gasteiger partial charge in [-0.1, -0.05) is 12.8 Å². The third-order valence-electron chi connectivity index (χ3n) is 6.75. The van der Waals surface area contributed by atoms with Gasteiger partial charge in [0.1, 0.15) is 0 Å². The van der Waals surface area contributed by atoms with Crippen LogP contribution < -0.4 is 0 Å². The van der Waals surface area contributed by atoms with Crippen molar-refractivity contribution in [1.82, 2.24) is 19.6 Å². The lowest BCUT2D eigenvalue weighted by atomic mass is 9.66. The first-order chi connectivity index (χ1) is 12.5. The summed E-state index contributed by atoms with van der Waals surface area (Å²) in [4.78, 5) is 29.5. The fraction of sp³-hybridized carbons (Fsp3) is 0.750. The number of hydrogen-bond acceptors (Lipinski definition) is 3. The van der Waals surface area contributed by atoms with E-state index >= 15 is 0 Å². The summed E-state index contributed by atoms with van der Waals surface area (Å²) in [6.45, 7) is 8.65. The molecule has 1 aliphatic heterocycles. The molecule has 142 valence electrons. The molecule has 2 aliphatic carbocycles. The third-order valence-corrected chi connectivity index (χ3v) is 6.75. The van der Waals surface area contributed by atoms with Crippen molar-refractivity contribution < 1.29 is 9.59 Å². The van der Waals surface area contributed by atoms with Crippen molar-refractivity contribution in [2.24, 2.45) is 17.8 Å². The Morgan fingerprint density at radius 3 is 2.42 bits per heavy atom. The zero-order chi connectivity index (χ0) is 18.4. The second-order valence-corrected chi connectivity index (χ2v) is 8.50. The Bertz CT molecular complexity index is 703. The van der Waals surface area contributed by atoms with Gasteiger partial charge in [-0.15, -0.1) is 0 Å².